The van der Waals surface area contributed by atoms with Gasteiger partial charge in [0, 0.05) is 29.4 Å². The molecule has 114 valence electrons. The number of hydrogen-bond acceptors (Lipinski definition) is 4. The number of halogens is 1. The number of benzene rings is 1. The summed E-state index contributed by atoms with van der Waals surface area (Å²) in [6, 6.07) is 2.70. The molecule has 6 nitrogen and oxygen atoms in total. The zero-order valence-electron chi connectivity index (χ0n) is 11.7. The van der Waals surface area contributed by atoms with Crippen LogP contribution in [0.5, 0.6) is 0 Å². The number of aromatic nitrogens is 2. The molecule has 1 aromatic heterocycles. The van der Waals surface area contributed by atoms with Crippen molar-refractivity contribution in [1.29, 1.82) is 0 Å². The van der Waals surface area contributed by atoms with E-state index < -0.39 is 16.1 Å². The molecule has 2 rings (SSSR count). The van der Waals surface area contributed by atoms with Crippen LogP contribution in [-0.4, -0.2) is 18.6 Å². The normalized spacial score (nSPS) is 13.3. The maximum atomic E-state index is 12.5. The van der Waals surface area contributed by atoms with Gasteiger partial charge in [-0.15, -0.1) is 0 Å². The van der Waals surface area contributed by atoms with Crippen molar-refractivity contribution in [3.05, 3.63) is 46.2 Å². The number of sulfonamides is 1. The third-order valence-corrected chi connectivity index (χ3v) is 5.18. The van der Waals surface area contributed by atoms with Crippen LogP contribution in [0, 0.1) is 6.92 Å². The van der Waals surface area contributed by atoms with Gasteiger partial charge in [-0.3, -0.25) is 5.10 Å². The topological polar surface area (TPSA) is 101 Å². The SMILES string of the molecule is Cc1c(CN)cc(Cl)cc1S(=O)(=O)NC(C)c1cn[nH]c1. The molecule has 1 heterocycles. The number of nitrogens with two attached hydrogens (primary N) is 1. The molecule has 0 saturated heterocycles. The van der Waals surface area contributed by atoms with Gasteiger partial charge in [0.05, 0.1) is 11.1 Å². The summed E-state index contributed by atoms with van der Waals surface area (Å²) >= 11 is 5.98. The Kier molecular flexibility index (Phi) is 4.67. The first-order valence-electron chi connectivity index (χ1n) is 6.35. The molecular formula is C13H17ClN4O2S. The third kappa shape index (κ3) is 3.44. The van der Waals surface area contributed by atoms with Gasteiger partial charge in [0.25, 0.3) is 0 Å². The number of nitrogens with one attached hydrogen (secondary N) is 2. The van der Waals surface area contributed by atoms with Crippen LogP contribution >= 0.6 is 11.6 Å². The van der Waals surface area contributed by atoms with Crippen LogP contribution in [0.25, 0.3) is 0 Å². The molecule has 0 aliphatic heterocycles. The molecule has 0 fully saturated rings. The first kappa shape index (κ1) is 16.0. The summed E-state index contributed by atoms with van der Waals surface area (Å²) in [6.45, 7) is 3.69. The lowest BCUT2D eigenvalue weighted by Crippen LogP contribution is -2.27. The summed E-state index contributed by atoms with van der Waals surface area (Å²) in [6.07, 6.45) is 3.21. The van der Waals surface area contributed by atoms with Gasteiger partial charge < -0.3 is 5.73 Å². The van der Waals surface area contributed by atoms with Gasteiger partial charge in [-0.1, -0.05) is 11.6 Å². The Labute approximate surface area is 128 Å². The third-order valence-electron chi connectivity index (χ3n) is 3.29. The highest BCUT2D eigenvalue weighted by Gasteiger charge is 2.22. The Bertz CT molecular complexity index is 729. The number of H-pyrrole nitrogens is 1. The van der Waals surface area contributed by atoms with E-state index in [4.69, 9.17) is 17.3 Å². The van der Waals surface area contributed by atoms with E-state index >= 15 is 0 Å². The summed E-state index contributed by atoms with van der Waals surface area (Å²) in [7, 11) is -3.70. The van der Waals surface area contributed by atoms with E-state index in [-0.39, 0.29) is 11.4 Å². The fourth-order valence-electron chi connectivity index (χ4n) is 2.06. The number of hydrogen-bond donors (Lipinski definition) is 3. The quantitative estimate of drug-likeness (QED) is 0.779. The largest absolute Gasteiger partial charge is 0.326 e. The van der Waals surface area contributed by atoms with Crippen molar-refractivity contribution in [3.63, 3.8) is 0 Å². The maximum Gasteiger partial charge on any atom is 0.241 e. The van der Waals surface area contributed by atoms with Crippen LogP contribution in [0.3, 0.4) is 0 Å². The summed E-state index contributed by atoms with van der Waals surface area (Å²) in [5, 5.41) is 6.80. The smallest absolute Gasteiger partial charge is 0.241 e. The maximum absolute atomic E-state index is 12.5. The standard InChI is InChI=1S/C13H17ClN4O2S/c1-8-10(5-15)3-12(14)4-13(8)21(19,20)18-9(2)11-6-16-17-7-11/h3-4,6-7,9,18H,5,15H2,1-2H3,(H,16,17). The lowest BCUT2D eigenvalue weighted by atomic mass is 10.1. The van der Waals surface area contributed by atoms with Crippen molar-refractivity contribution in [3.8, 4) is 0 Å². The minimum Gasteiger partial charge on any atom is -0.326 e. The van der Waals surface area contributed by atoms with Gasteiger partial charge in [-0.2, -0.15) is 5.10 Å². The zero-order valence-corrected chi connectivity index (χ0v) is 13.3. The predicted molar refractivity (Wildman–Crippen MR) is 81.4 cm³/mol. The fourth-order valence-corrected chi connectivity index (χ4v) is 3.91. The number of aromatic amines is 1. The average Bonchev–Trinajstić information content (AvgIpc) is 2.94. The van der Waals surface area contributed by atoms with Crippen LogP contribution in [0.4, 0.5) is 0 Å². The molecule has 1 unspecified atom stereocenters. The molecule has 1 atom stereocenters. The van der Waals surface area contributed by atoms with Gasteiger partial charge in [-0.25, -0.2) is 13.1 Å². The highest BCUT2D eigenvalue weighted by Crippen LogP contribution is 2.25. The lowest BCUT2D eigenvalue weighted by Gasteiger charge is -2.16. The van der Waals surface area contributed by atoms with Crippen LogP contribution in [0.1, 0.15) is 29.7 Å². The second kappa shape index (κ2) is 6.15. The minimum absolute atomic E-state index is 0.144. The Balaban J connectivity index is 2.38. The lowest BCUT2D eigenvalue weighted by molar-refractivity contribution is 0.566. The van der Waals surface area contributed by atoms with Gasteiger partial charge in [0.15, 0.2) is 0 Å². The Morgan fingerprint density at radius 1 is 1.48 bits per heavy atom. The molecular weight excluding hydrogens is 312 g/mol. The van der Waals surface area contributed by atoms with Gasteiger partial charge in [0.1, 0.15) is 0 Å². The highest BCUT2D eigenvalue weighted by molar-refractivity contribution is 7.89. The molecule has 8 heteroatoms. The van der Waals surface area contributed by atoms with E-state index in [0.29, 0.717) is 16.1 Å². The van der Waals surface area contributed by atoms with Crippen LogP contribution in [0.15, 0.2) is 29.4 Å². The molecule has 0 saturated carbocycles. The van der Waals surface area contributed by atoms with E-state index in [2.05, 4.69) is 14.9 Å². The van der Waals surface area contributed by atoms with Gasteiger partial charge in [0.2, 0.25) is 10.0 Å². The fraction of sp³-hybridized carbons (Fsp3) is 0.308. The average molecular weight is 329 g/mol. The summed E-state index contributed by atoms with van der Waals surface area (Å²) < 4.78 is 27.7. The van der Waals surface area contributed by atoms with Crippen LogP contribution < -0.4 is 10.5 Å². The molecule has 0 bridgehead atoms. The molecule has 1 aromatic carbocycles. The molecule has 4 N–H and O–H groups in total. The first-order valence-corrected chi connectivity index (χ1v) is 8.21. The summed E-state index contributed by atoms with van der Waals surface area (Å²) in [4.78, 5) is 0.144. The molecule has 0 spiro atoms. The molecule has 2 aromatic rings. The monoisotopic (exact) mass is 328 g/mol. The van der Waals surface area contributed by atoms with Crippen molar-refractivity contribution >= 4 is 21.6 Å². The van der Waals surface area contributed by atoms with Crippen LogP contribution in [-0.2, 0) is 16.6 Å². The predicted octanol–water partition coefficient (Wildman–Crippen LogP) is 1.87. The first-order chi connectivity index (χ1) is 9.85. The molecule has 0 aliphatic rings. The zero-order chi connectivity index (χ0) is 15.6. The van der Waals surface area contributed by atoms with Gasteiger partial charge >= 0.3 is 0 Å². The van der Waals surface area contributed by atoms with Gasteiger partial charge in [-0.05, 0) is 37.1 Å². The second-order valence-electron chi connectivity index (χ2n) is 4.77. The summed E-state index contributed by atoms with van der Waals surface area (Å²) in [5.74, 6) is 0. The van der Waals surface area contributed by atoms with E-state index in [9.17, 15) is 8.42 Å². The summed E-state index contributed by atoms with van der Waals surface area (Å²) in [5.41, 5.74) is 7.68. The second-order valence-corrected chi connectivity index (χ2v) is 6.89. The number of nitrogens with zero attached hydrogens (tertiary/aromatic N) is 1. The van der Waals surface area contributed by atoms with E-state index in [0.717, 1.165) is 5.56 Å². The van der Waals surface area contributed by atoms with Crippen molar-refractivity contribution in [2.75, 3.05) is 0 Å². The minimum atomic E-state index is -3.70. The highest BCUT2D eigenvalue weighted by atomic mass is 35.5. The van der Waals surface area contributed by atoms with Crippen molar-refractivity contribution in [1.82, 2.24) is 14.9 Å². The van der Waals surface area contributed by atoms with Crippen LogP contribution in [0.2, 0.25) is 5.02 Å². The van der Waals surface area contributed by atoms with Crippen molar-refractivity contribution in [2.45, 2.75) is 31.3 Å². The Morgan fingerprint density at radius 2 is 2.19 bits per heavy atom. The van der Waals surface area contributed by atoms with E-state index in [1.807, 2.05) is 0 Å². The number of rotatable bonds is 5. The van der Waals surface area contributed by atoms with E-state index in [1.165, 1.54) is 6.07 Å². The van der Waals surface area contributed by atoms with Crippen molar-refractivity contribution < 1.29 is 8.42 Å². The van der Waals surface area contributed by atoms with Crippen molar-refractivity contribution in [2.24, 2.45) is 5.73 Å². The molecule has 21 heavy (non-hydrogen) atoms. The Hall–Kier alpha value is -1.41. The molecule has 0 radical (unpaired) electrons. The Morgan fingerprint density at radius 3 is 2.76 bits per heavy atom. The molecule has 0 aliphatic carbocycles. The van der Waals surface area contributed by atoms with E-state index in [1.54, 1.807) is 32.3 Å². The molecule has 0 amide bonds.